The minimum atomic E-state index is -0.208. The summed E-state index contributed by atoms with van der Waals surface area (Å²) in [5.74, 6) is 0.519. The molecule has 0 aliphatic carbocycles. The standard InChI is InChI=1S/C23H26N4O3/c1-30-16-8-13-24-22(28)20-18-11-5-6-14-26(18)21(25-20)19-12-7-15-27(19)23(29)17-9-3-2-4-10-17/h2-6,9-11,14,19H,7-8,12-13,15-16H2,1H3,(H,24,28). The number of nitrogens with zero attached hydrogens (tertiary/aromatic N) is 3. The fourth-order valence-corrected chi connectivity index (χ4v) is 3.99. The average Bonchev–Trinajstić information content (AvgIpc) is 3.41. The monoisotopic (exact) mass is 406 g/mol. The number of benzene rings is 1. The lowest BCUT2D eigenvalue weighted by molar-refractivity contribution is 0.0729. The normalized spacial score (nSPS) is 16.2. The van der Waals surface area contributed by atoms with Crippen molar-refractivity contribution in [1.29, 1.82) is 0 Å². The highest BCUT2D eigenvalue weighted by atomic mass is 16.5. The van der Waals surface area contributed by atoms with Gasteiger partial charge in [-0.2, -0.15) is 0 Å². The molecule has 2 aromatic heterocycles. The molecule has 0 spiro atoms. The molecule has 1 saturated heterocycles. The molecule has 1 aromatic carbocycles. The second-order valence-electron chi connectivity index (χ2n) is 7.40. The third kappa shape index (κ3) is 3.93. The third-order valence-electron chi connectivity index (χ3n) is 5.43. The van der Waals surface area contributed by atoms with Crippen LogP contribution in [0.1, 0.15) is 52.0 Å². The molecule has 3 heterocycles. The predicted octanol–water partition coefficient (Wildman–Crippen LogP) is 3.08. The second-order valence-corrected chi connectivity index (χ2v) is 7.40. The van der Waals surface area contributed by atoms with E-state index >= 15 is 0 Å². The van der Waals surface area contributed by atoms with Gasteiger partial charge in [0.1, 0.15) is 5.82 Å². The molecule has 0 bridgehead atoms. The van der Waals surface area contributed by atoms with E-state index in [2.05, 4.69) is 5.32 Å². The highest BCUT2D eigenvalue weighted by Crippen LogP contribution is 2.33. The molecule has 0 radical (unpaired) electrons. The third-order valence-corrected chi connectivity index (χ3v) is 5.43. The van der Waals surface area contributed by atoms with Crippen LogP contribution in [0.2, 0.25) is 0 Å². The van der Waals surface area contributed by atoms with Crippen LogP contribution in [0.15, 0.2) is 54.7 Å². The van der Waals surface area contributed by atoms with Crippen LogP contribution in [0.4, 0.5) is 0 Å². The number of likely N-dealkylation sites (tertiary alicyclic amines) is 1. The van der Waals surface area contributed by atoms with Crippen LogP contribution in [-0.4, -0.2) is 52.9 Å². The fourth-order valence-electron chi connectivity index (χ4n) is 3.99. The molecular weight excluding hydrogens is 380 g/mol. The molecule has 1 atom stereocenters. The number of rotatable bonds is 7. The summed E-state index contributed by atoms with van der Waals surface area (Å²) in [6.07, 6.45) is 4.37. The van der Waals surface area contributed by atoms with Crippen molar-refractivity contribution in [1.82, 2.24) is 19.6 Å². The van der Waals surface area contributed by atoms with Crippen molar-refractivity contribution in [2.75, 3.05) is 26.8 Å². The number of methoxy groups -OCH3 is 1. The minimum absolute atomic E-state index is 0.00338. The van der Waals surface area contributed by atoms with Crippen molar-refractivity contribution in [2.45, 2.75) is 25.3 Å². The van der Waals surface area contributed by atoms with Gasteiger partial charge in [0, 0.05) is 38.6 Å². The Morgan fingerprint density at radius 1 is 1.17 bits per heavy atom. The number of ether oxygens (including phenoxy) is 1. The van der Waals surface area contributed by atoms with E-state index in [4.69, 9.17) is 9.72 Å². The Kier molecular flexibility index (Phi) is 6.09. The summed E-state index contributed by atoms with van der Waals surface area (Å²) >= 11 is 0. The first-order valence-corrected chi connectivity index (χ1v) is 10.3. The second kappa shape index (κ2) is 9.09. The Balaban J connectivity index is 1.64. The Labute approximate surface area is 175 Å². The number of imidazole rings is 1. The Morgan fingerprint density at radius 2 is 1.97 bits per heavy atom. The number of pyridine rings is 1. The van der Waals surface area contributed by atoms with Gasteiger partial charge in [0.25, 0.3) is 11.8 Å². The maximum atomic E-state index is 13.1. The number of aromatic nitrogens is 2. The summed E-state index contributed by atoms with van der Waals surface area (Å²) in [7, 11) is 1.64. The zero-order valence-electron chi connectivity index (χ0n) is 17.1. The van der Waals surface area contributed by atoms with E-state index in [9.17, 15) is 9.59 Å². The Hall–Kier alpha value is -3.19. The van der Waals surface area contributed by atoms with Crippen molar-refractivity contribution >= 4 is 17.3 Å². The first-order valence-electron chi connectivity index (χ1n) is 10.3. The van der Waals surface area contributed by atoms with Crippen LogP contribution in [0.25, 0.3) is 5.52 Å². The van der Waals surface area contributed by atoms with Gasteiger partial charge in [-0.05, 0) is 43.5 Å². The van der Waals surface area contributed by atoms with Crippen LogP contribution in [0.3, 0.4) is 0 Å². The van der Waals surface area contributed by atoms with Crippen molar-refractivity contribution in [2.24, 2.45) is 0 Å². The largest absolute Gasteiger partial charge is 0.385 e. The van der Waals surface area contributed by atoms with Crippen LogP contribution >= 0.6 is 0 Å². The molecule has 156 valence electrons. The van der Waals surface area contributed by atoms with E-state index in [1.54, 1.807) is 7.11 Å². The van der Waals surface area contributed by atoms with Gasteiger partial charge in [0.2, 0.25) is 0 Å². The number of fused-ring (bicyclic) bond motifs is 1. The first-order chi connectivity index (χ1) is 14.7. The quantitative estimate of drug-likeness (QED) is 0.612. The number of amides is 2. The maximum absolute atomic E-state index is 13.1. The molecule has 0 saturated carbocycles. The first kappa shape index (κ1) is 20.1. The number of nitrogens with one attached hydrogen (secondary N) is 1. The molecule has 3 aromatic rings. The van der Waals surface area contributed by atoms with Gasteiger partial charge in [0.05, 0.1) is 11.6 Å². The van der Waals surface area contributed by atoms with Gasteiger partial charge in [-0.1, -0.05) is 24.3 Å². The van der Waals surface area contributed by atoms with Crippen LogP contribution in [0, 0.1) is 0 Å². The average molecular weight is 406 g/mol. The molecule has 4 rings (SSSR count). The lowest BCUT2D eigenvalue weighted by atomic mass is 10.1. The van der Waals surface area contributed by atoms with Crippen molar-refractivity contribution in [3.05, 3.63) is 71.8 Å². The molecule has 1 aliphatic rings. The summed E-state index contributed by atoms with van der Waals surface area (Å²) in [5, 5.41) is 2.91. The molecule has 7 heteroatoms. The van der Waals surface area contributed by atoms with E-state index in [0.717, 1.165) is 30.6 Å². The van der Waals surface area contributed by atoms with Gasteiger partial charge in [-0.25, -0.2) is 4.98 Å². The fraction of sp³-hybridized carbons (Fsp3) is 0.348. The SMILES string of the molecule is COCCCNC(=O)c1nc(C2CCCN2C(=O)c2ccccc2)n2ccccc12. The van der Waals surface area contributed by atoms with Gasteiger partial charge in [-0.3, -0.25) is 9.59 Å². The molecule has 30 heavy (non-hydrogen) atoms. The van der Waals surface area contributed by atoms with Gasteiger partial charge in [0.15, 0.2) is 5.69 Å². The molecular formula is C23H26N4O3. The highest BCUT2D eigenvalue weighted by molar-refractivity contribution is 5.99. The molecule has 1 unspecified atom stereocenters. The minimum Gasteiger partial charge on any atom is -0.385 e. The topological polar surface area (TPSA) is 75.9 Å². The smallest absolute Gasteiger partial charge is 0.272 e. The molecule has 2 amide bonds. The van der Waals surface area contributed by atoms with E-state index < -0.39 is 0 Å². The summed E-state index contributed by atoms with van der Waals surface area (Å²) < 4.78 is 6.97. The summed E-state index contributed by atoms with van der Waals surface area (Å²) in [6, 6.07) is 14.8. The predicted molar refractivity (Wildman–Crippen MR) is 113 cm³/mol. The number of hydrogen-bond acceptors (Lipinski definition) is 4. The van der Waals surface area contributed by atoms with E-state index in [-0.39, 0.29) is 17.9 Å². The van der Waals surface area contributed by atoms with E-state index in [1.807, 2.05) is 64.0 Å². The number of hydrogen-bond donors (Lipinski definition) is 1. The maximum Gasteiger partial charge on any atom is 0.272 e. The summed E-state index contributed by atoms with van der Waals surface area (Å²) in [5.41, 5.74) is 1.80. The zero-order chi connectivity index (χ0) is 20.9. The lowest BCUT2D eigenvalue weighted by Crippen LogP contribution is -2.31. The van der Waals surface area contributed by atoms with Gasteiger partial charge >= 0.3 is 0 Å². The zero-order valence-corrected chi connectivity index (χ0v) is 17.1. The Bertz CT molecular complexity index is 1030. The van der Waals surface area contributed by atoms with Gasteiger partial charge in [-0.15, -0.1) is 0 Å². The molecule has 1 aliphatic heterocycles. The van der Waals surface area contributed by atoms with Crippen LogP contribution in [0.5, 0.6) is 0 Å². The number of carbonyl (C=O) groups excluding carboxylic acids is 2. The van der Waals surface area contributed by atoms with E-state index in [0.29, 0.717) is 31.0 Å². The molecule has 1 N–H and O–H groups in total. The van der Waals surface area contributed by atoms with Gasteiger partial charge < -0.3 is 19.4 Å². The highest BCUT2D eigenvalue weighted by Gasteiger charge is 2.34. The number of carbonyl (C=O) groups is 2. The summed E-state index contributed by atoms with van der Waals surface area (Å²) in [4.78, 5) is 32.5. The van der Waals surface area contributed by atoms with Crippen LogP contribution in [-0.2, 0) is 4.74 Å². The Morgan fingerprint density at radius 3 is 2.77 bits per heavy atom. The van der Waals surface area contributed by atoms with Crippen LogP contribution < -0.4 is 5.32 Å². The summed E-state index contributed by atoms with van der Waals surface area (Å²) in [6.45, 7) is 1.79. The molecule has 1 fully saturated rings. The van der Waals surface area contributed by atoms with E-state index in [1.165, 1.54) is 0 Å². The lowest BCUT2D eigenvalue weighted by Gasteiger charge is -2.24. The van der Waals surface area contributed by atoms with Crippen molar-refractivity contribution in [3.63, 3.8) is 0 Å². The van der Waals surface area contributed by atoms with Crippen molar-refractivity contribution in [3.8, 4) is 0 Å². The molecule has 7 nitrogen and oxygen atoms in total. The van der Waals surface area contributed by atoms with Crippen molar-refractivity contribution < 1.29 is 14.3 Å².